The van der Waals surface area contributed by atoms with Crippen LogP contribution in [0.25, 0.3) is 0 Å². The van der Waals surface area contributed by atoms with E-state index >= 15 is 0 Å². The average Bonchev–Trinajstić information content (AvgIpc) is 2.46. The maximum atomic E-state index is 14.1. The minimum atomic E-state index is -0.559. The Morgan fingerprint density at radius 1 is 1.30 bits per heavy atom. The van der Waals surface area contributed by atoms with E-state index in [1.807, 2.05) is 11.8 Å². The number of halogens is 2. The highest BCUT2D eigenvalue weighted by molar-refractivity contribution is 8.00. The summed E-state index contributed by atoms with van der Waals surface area (Å²) in [6.07, 6.45) is 8.14. The van der Waals surface area contributed by atoms with E-state index < -0.39 is 5.82 Å². The van der Waals surface area contributed by atoms with Crippen LogP contribution < -0.4 is 16.8 Å². The fraction of sp³-hybridized carbons (Fsp3) is 0.571. The second-order valence-corrected chi connectivity index (χ2v) is 7.01. The van der Waals surface area contributed by atoms with E-state index in [0.717, 1.165) is 12.8 Å². The first kappa shape index (κ1) is 15.6. The van der Waals surface area contributed by atoms with E-state index in [1.165, 1.54) is 25.3 Å². The van der Waals surface area contributed by atoms with Gasteiger partial charge in [0.25, 0.3) is 0 Å². The minimum Gasteiger partial charge on any atom is -0.397 e. The second kappa shape index (κ2) is 6.31. The molecule has 0 aromatic heterocycles. The van der Waals surface area contributed by atoms with E-state index in [-0.39, 0.29) is 21.1 Å². The summed E-state index contributed by atoms with van der Waals surface area (Å²) < 4.78 is 14.3. The largest absolute Gasteiger partial charge is 0.397 e. The van der Waals surface area contributed by atoms with Crippen LogP contribution in [0.3, 0.4) is 0 Å². The number of rotatable bonds is 4. The summed E-state index contributed by atoms with van der Waals surface area (Å²) in [6, 6.07) is 1.50. The van der Waals surface area contributed by atoms with Crippen molar-refractivity contribution in [3.63, 3.8) is 0 Å². The van der Waals surface area contributed by atoms with Gasteiger partial charge in [-0.25, -0.2) is 4.39 Å². The van der Waals surface area contributed by atoms with Gasteiger partial charge in [-0.15, -0.1) is 0 Å². The third-order valence-corrected chi connectivity index (χ3v) is 5.85. The molecule has 0 radical (unpaired) electrons. The summed E-state index contributed by atoms with van der Waals surface area (Å²) in [5.74, 6) is -0.559. The van der Waals surface area contributed by atoms with Crippen molar-refractivity contribution in [1.82, 2.24) is 0 Å². The zero-order chi connectivity index (χ0) is 14.8. The fourth-order valence-corrected chi connectivity index (χ4v) is 3.81. The molecule has 3 nitrogen and oxygen atoms in total. The van der Waals surface area contributed by atoms with Gasteiger partial charge >= 0.3 is 0 Å². The normalized spacial score (nSPS) is 17.9. The SMILES string of the molecule is CSC1(CNc2c(N)cc(N)c(Cl)c2F)CCCCC1. The van der Waals surface area contributed by atoms with Crippen LogP contribution in [0.1, 0.15) is 32.1 Å². The standard InChI is InChI=1S/C14H21ClFN3S/c1-20-14(5-3-2-4-6-14)8-19-13-10(18)7-9(17)11(15)12(13)16/h7,19H,2-6,8,17-18H2,1H3. The molecule has 112 valence electrons. The summed E-state index contributed by atoms with van der Waals surface area (Å²) in [6.45, 7) is 0.690. The zero-order valence-corrected chi connectivity index (χ0v) is 13.2. The summed E-state index contributed by atoms with van der Waals surface area (Å²) >= 11 is 7.69. The zero-order valence-electron chi connectivity index (χ0n) is 11.6. The molecular formula is C14H21ClFN3S. The van der Waals surface area contributed by atoms with Crippen molar-refractivity contribution in [2.75, 3.05) is 29.6 Å². The molecule has 2 rings (SSSR count). The Labute approximate surface area is 128 Å². The first-order valence-electron chi connectivity index (χ1n) is 6.81. The average molecular weight is 318 g/mol. The lowest BCUT2D eigenvalue weighted by Gasteiger charge is -2.36. The van der Waals surface area contributed by atoms with Crippen molar-refractivity contribution in [3.8, 4) is 0 Å². The third-order valence-electron chi connectivity index (χ3n) is 4.05. The number of benzene rings is 1. The molecule has 1 aromatic rings. The van der Waals surface area contributed by atoms with E-state index in [0.29, 0.717) is 12.2 Å². The highest BCUT2D eigenvalue weighted by Crippen LogP contribution is 2.40. The Morgan fingerprint density at radius 2 is 1.95 bits per heavy atom. The quantitative estimate of drug-likeness (QED) is 0.731. The predicted octanol–water partition coefficient (Wildman–Crippen LogP) is 4.12. The van der Waals surface area contributed by atoms with Crippen LogP contribution in [0.4, 0.5) is 21.5 Å². The van der Waals surface area contributed by atoms with Crippen LogP contribution in [-0.2, 0) is 0 Å². The number of thioether (sulfide) groups is 1. The molecule has 0 aliphatic heterocycles. The van der Waals surface area contributed by atoms with Crippen LogP contribution >= 0.6 is 23.4 Å². The first-order chi connectivity index (χ1) is 9.49. The Hall–Kier alpha value is -0.810. The maximum Gasteiger partial charge on any atom is 0.169 e. The molecule has 1 aromatic carbocycles. The monoisotopic (exact) mass is 317 g/mol. The number of anilines is 3. The Morgan fingerprint density at radius 3 is 2.55 bits per heavy atom. The molecule has 0 saturated heterocycles. The predicted molar refractivity (Wildman–Crippen MR) is 88.1 cm³/mol. The Balaban J connectivity index is 2.16. The lowest BCUT2D eigenvalue weighted by Crippen LogP contribution is -2.35. The molecule has 1 saturated carbocycles. The van der Waals surface area contributed by atoms with Gasteiger partial charge in [0.1, 0.15) is 5.02 Å². The highest BCUT2D eigenvalue weighted by atomic mass is 35.5. The van der Waals surface area contributed by atoms with Gasteiger partial charge in [0.2, 0.25) is 0 Å². The topological polar surface area (TPSA) is 64.1 Å². The van der Waals surface area contributed by atoms with E-state index in [4.69, 9.17) is 23.1 Å². The summed E-state index contributed by atoms with van der Waals surface area (Å²) in [4.78, 5) is 0. The molecule has 1 fully saturated rings. The number of nitrogens with one attached hydrogen (secondary N) is 1. The van der Waals surface area contributed by atoms with E-state index in [2.05, 4.69) is 11.6 Å². The molecule has 0 amide bonds. The third kappa shape index (κ3) is 3.09. The molecule has 6 heteroatoms. The summed E-state index contributed by atoms with van der Waals surface area (Å²) in [5.41, 5.74) is 12.2. The number of hydrogen-bond acceptors (Lipinski definition) is 4. The lowest BCUT2D eigenvalue weighted by atomic mass is 9.88. The molecule has 0 unspecified atom stereocenters. The van der Waals surface area contributed by atoms with Crippen molar-refractivity contribution in [3.05, 3.63) is 16.9 Å². The lowest BCUT2D eigenvalue weighted by molar-refractivity contribution is 0.411. The molecule has 5 N–H and O–H groups in total. The van der Waals surface area contributed by atoms with Crippen LogP contribution in [0.15, 0.2) is 6.07 Å². The molecule has 0 spiro atoms. The number of hydrogen-bond donors (Lipinski definition) is 3. The van der Waals surface area contributed by atoms with Gasteiger partial charge in [0.05, 0.1) is 17.1 Å². The van der Waals surface area contributed by atoms with Crippen molar-refractivity contribution in [2.24, 2.45) is 0 Å². The molecular weight excluding hydrogens is 297 g/mol. The van der Waals surface area contributed by atoms with Gasteiger partial charge < -0.3 is 16.8 Å². The number of nitrogen functional groups attached to an aromatic ring is 2. The van der Waals surface area contributed by atoms with Crippen molar-refractivity contribution < 1.29 is 4.39 Å². The molecule has 0 atom stereocenters. The maximum absolute atomic E-state index is 14.1. The van der Waals surface area contributed by atoms with Crippen LogP contribution in [0, 0.1) is 5.82 Å². The van der Waals surface area contributed by atoms with E-state index in [1.54, 1.807) is 0 Å². The molecule has 1 aliphatic rings. The van der Waals surface area contributed by atoms with Crippen LogP contribution in [0.5, 0.6) is 0 Å². The Kier molecular flexibility index (Phi) is 4.91. The van der Waals surface area contributed by atoms with Gasteiger partial charge in [-0.2, -0.15) is 11.8 Å². The van der Waals surface area contributed by atoms with Gasteiger partial charge in [0.15, 0.2) is 5.82 Å². The summed E-state index contributed by atoms with van der Waals surface area (Å²) in [5, 5.41) is 3.08. The van der Waals surface area contributed by atoms with Gasteiger partial charge in [-0.1, -0.05) is 30.9 Å². The van der Waals surface area contributed by atoms with Gasteiger partial charge in [-0.3, -0.25) is 0 Å². The smallest absolute Gasteiger partial charge is 0.169 e. The van der Waals surface area contributed by atoms with Gasteiger partial charge in [-0.05, 0) is 25.2 Å². The number of nitrogens with two attached hydrogens (primary N) is 2. The molecule has 0 heterocycles. The van der Waals surface area contributed by atoms with Crippen LogP contribution in [0.2, 0.25) is 5.02 Å². The molecule has 20 heavy (non-hydrogen) atoms. The van der Waals surface area contributed by atoms with Crippen molar-refractivity contribution >= 4 is 40.4 Å². The van der Waals surface area contributed by atoms with Gasteiger partial charge in [0, 0.05) is 11.3 Å². The van der Waals surface area contributed by atoms with Crippen molar-refractivity contribution in [2.45, 2.75) is 36.9 Å². The second-order valence-electron chi connectivity index (χ2n) is 5.36. The summed E-state index contributed by atoms with van der Waals surface area (Å²) in [7, 11) is 0. The van der Waals surface area contributed by atoms with Crippen LogP contribution in [-0.4, -0.2) is 17.5 Å². The molecule has 0 bridgehead atoms. The van der Waals surface area contributed by atoms with Crippen molar-refractivity contribution in [1.29, 1.82) is 0 Å². The minimum absolute atomic E-state index is 0.0662. The molecule has 1 aliphatic carbocycles. The van der Waals surface area contributed by atoms with E-state index in [9.17, 15) is 4.39 Å². The Bertz CT molecular complexity index is 490. The first-order valence-corrected chi connectivity index (χ1v) is 8.41. The fourth-order valence-electron chi connectivity index (χ4n) is 2.74. The highest BCUT2D eigenvalue weighted by Gasteiger charge is 2.31.